The highest BCUT2D eigenvalue weighted by Crippen LogP contribution is 2.36. The molecule has 0 heterocycles. The number of nitro groups is 1. The Labute approximate surface area is 246 Å². The standard InChI is InChI=1S/C22H12Br5N3O6/c23-13-3-1-11(2-4-13)22(32)36-20-12(5-15(30(33)34)8-18(20)27)9-28-29-19(31)10-35-21-16(25)6-14(24)7-17(21)26/h1-9H,10H2,(H,29,31). The molecule has 0 fully saturated rings. The van der Waals surface area contributed by atoms with Gasteiger partial charge in [-0.2, -0.15) is 5.10 Å². The van der Waals surface area contributed by atoms with Crippen LogP contribution in [0.4, 0.5) is 5.69 Å². The molecule has 0 saturated carbocycles. The van der Waals surface area contributed by atoms with Crippen LogP contribution in [-0.2, 0) is 4.79 Å². The number of nitrogens with one attached hydrogen (secondary N) is 1. The predicted molar refractivity (Wildman–Crippen MR) is 151 cm³/mol. The van der Waals surface area contributed by atoms with Crippen LogP contribution in [0, 0.1) is 10.1 Å². The zero-order valence-electron chi connectivity index (χ0n) is 17.6. The number of nitro benzene ring substituents is 1. The predicted octanol–water partition coefficient (Wildman–Crippen LogP) is 7.16. The number of halogens is 5. The summed E-state index contributed by atoms with van der Waals surface area (Å²) in [6, 6.07) is 12.3. The monoisotopic (exact) mass is 809 g/mol. The maximum absolute atomic E-state index is 12.6. The van der Waals surface area contributed by atoms with Crippen molar-refractivity contribution in [1.29, 1.82) is 0 Å². The average Bonchev–Trinajstić information content (AvgIpc) is 2.80. The van der Waals surface area contributed by atoms with Crippen LogP contribution < -0.4 is 14.9 Å². The highest BCUT2D eigenvalue weighted by atomic mass is 79.9. The molecular formula is C22H12Br5N3O6. The number of rotatable bonds is 8. The van der Waals surface area contributed by atoms with Gasteiger partial charge in [0.25, 0.3) is 11.6 Å². The number of benzene rings is 3. The molecule has 0 unspecified atom stereocenters. The molecule has 0 aliphatic heterocycles. The molecule has 186 valence electrons. The second-order valence-electron chi connectivity index (χ2n) is 6.78. The number of hydrazone groups is 1. The normalized spacial score (nSPS) is 10.8. The van der Waals surface area contributed by atoms with E-state index in [0.717, 1.165) is 21.2 Å². The summed E-state index contributed by atoms with van der Waals surface area (Å²) in [5.74, 6) is -0.867. The van der Waals surface area contributed by atoms with Crippen LogP contribution in [0.15, 0.2) is 76.0 Å². The highest BCUT2D eigenvalue weighted by molar-refractivity contribution is 9.11. The second kappa shape index (κ2) is 12.9. The van der Waals surface area contributed by atoms with Gasteiger partial charge in [0.15, 0.2) is 12.4 Å². The fourth-order valence-electron chi connectivity index (χ4n) is 2.66. The lowest BCUT2D eigenvalue weighted by atomic mass is 10.2. The Morgan fingerprint density at radius 2 is 1.53 bits per heavy atom. The maximum Gasteiger partial charge on any atom is 0.343 e. The quantitative estimate of drug-likeness (QED) is 0.0849. The molecule has 0 aliphatic rings. The van der Waals surface area contributed by atoms with Gasteiger partial charge in [0, 0.05) is 26.6 Å². The van der Waals surface area contributed by atoms with E-state index in [0.29, 0.717) is 14.7 Å². The van der Waals surface area contributed by atoms with Crippen molar-refractivity contribution in [1.82, 2.24) is 5.43 Å². The Morgan fingerprint density at radius 1 is 0.917 bits per heavy atom. The first-order valence-electron chi connectivity index (χ1n) is 9.60. The van der Waals surface area contributed by atoms with E-state index < -0.39 is 16.8 Å². The average molecular weight is 814 g/mol. The van der Waals surface area contributed by atoms with E-state index >= 15 is 0 Å². The summed E-state index contributed by atoms with van der Waals surface area (Å²) >= 11 is 16.5. The van der Waals surface area contributed by atoms with E-state index in [1.54, 1.807) is 36.4 Å². The van der Waals surface area contributed by atoms with Gasteiger partial charge in [-0.1, -0.05) is 31.9 Å². The molecule has 36 heavy (non-hydrogen) atoms. The van der Waals surface area contributed by atoms with Gasteiger partial charge in [-0.05, 0) is 84.2 Å². The van der Waals surface area contributed by atoms with Gasteiger partial charge >= 0.3 is 5.97 Å². The molecule has 3 aromatic carbocycles. The van der Waals surface area contributed by atoms with Crippen molar-refractivity contribution in [3.63, 3.8) is 0 Å². The third-order valence-electron chi connectivity index (χ3n) is 4.25. The molecule has 0 radical (unpaired) electrons. The minimum atomic E-state index is -0.685. The number of amides is 1. The van der Waals surface area contributed by atoms with Gasteiger partial charge in [0.1, 0.15) is 5.75 Å². The number of carbonyl (C=O) groups is 2. The fraction of sp³-hybridized carbons (Fsp3) is 0.0455. The van der Waals surface area contributed by atoms with Crippen LogP contribution in [0.25, 0.3) is 0 Å². The zero-order valence-corrected chi connectivity index (χ0v) is 25.6. The number of esters is 1. The molecule has 1 amide bonds. The van der Waals surface area contributed by atoms with Crippen molar-refractivity contribution in [2.24, 2.45) is 5.10 Å². The van der Waals surface area contributed by atoms with Crippen molar-refractivity contribution in [3.8, 4) is 11.5 Å². The molecule has 3 aromatic rings. The minimum absolute atomic E-state index is 0.00880. The lowest BCUT2D eigenvalue weighted by Crippen LogP contribution is -2.24. The molecule has 9 nitrogen and oxygen atoms in total. The van der Waals surface area contributed by atoms with Gasteiger partial charge in [-0.25, -0.2) is 10.2 Å². The summed E-state index contributed by atoms with van der Waals surface area (Å²) in [4.78, 5) is 35.5. The minimum Gasteiger partial charge on any atom is -0.481 e. The third-order valence-corrected chi connectivity index (χ3v) is 7.00. The van der Waals surface area contributed by atoms with Gasteiger partial charge in [-0.15, -0.1) is 0 Å². The van der Waals surface area contributed by atoms with E-state index in [-0.39, 0.29) is 33.6 Å². The third kappa shape index (κ3) is 7.68. The molecular weight excluding hydrogens is 802 g/mol. The van der Waals surface area contributed by atoms with Crippen molar-refractivity contribution >= 4 is 103 Å². The summed E-state index contributed by atoms with van der Waals surface area (Å²) in [7, 11) is 0. The lowest BCUT2D eigenvalue weighted by Gasteiger charge is -2.11. The maximum atomic E-state index is 12.6. The summed E-state index contributed by atoms with van der Waals surface area (Å²) < 4.78 is 14.0. The molecule has 0 spiro atoms. The summed E-state index contributed by atoms with van der Waals surface area (Å²) in [5, 5.41) is 15.1. The van der Waals surface area contributed by atoms with E-state index in [1.165, 1.54) is 6.07 Å². The molecule has 0 aromatic heterocycles. The van der Waals surface area contributed by atoms with Gasteiger partial charge in [0.2, 0.25) is 0 Å². The Hall–Kier alpha value is -2.13. The molecule has 0 aliphatic carbocycles. The van der Waals surface area contributed by atoms with E-state index in [9.17, 15) is 19.7 Å². The highest BCUT2D eigenvalue weighted by Gasteiger charge is 2.19. The number of carbonyl (C=O) groups excluding carboxylic acids is 2. The van der Waals surface area contributed by atoms with Crippen LogP contribution >= 0.6 is 79.6 Å². The lowest BCUT2D eigenvalue weighted by molar-refractivity contribution is -0.385. The van der Waals surface area contributed by atoms with Crippen molar-refractivity contribution < 1.29 is 24.0 Å². The SMILES string of the molecule is O=C(COc1c(Br)cc(Br)cc1Br)NN=Cc1cc([N+](=O)[O-])cc(Br)c1OC(=O)c1ccc(Br)cc1. The zero-order chi connectivity index (χ0) is 26.4. The Kier molecular flexibility index (Phi) is 10.2. The first kappa shape index (κ1) is 28.4. The van der Waals surface area contributed by atoms with E-state index in [2.05, 4.69) is 90.2 Å². The van der Waals surface area contributed by atoms with Crippen LogP contribution in [-0.4, -0.2) is 29.6 Å². The summed E-state index contributed by atoms with van der Waals surface area (Å²) in [6.45, 7) is -0.361. The van der Waals surface area contributed by atoms with Crippen molar-refractivity contribution in [2.45, 2.75) is 0 Å². The van der Waals surface area contributed by atoms with Crippen LogP contribution in [0.1, 0.15) is 15.9 Å². The molecule has 0 atom stereocenters. The second-order valence-corrected chi connectivity index (χ2v) is 11.2. The van der Waals surface area contributed by atoms with E-state index in [1.807, 2.05) is 0 Å². The van der Waals surface area contributed by atoms with Crippen LogP contribution in [0.5, 0.6) is 11.5 Å². The summed E-state index contributed by atoms with van der Waals surface area (Å²) in [5.41, 5.74) is 2.35. The smallest absolute Gasteiger partial charge is 0.343 e. The summed E-state index contributed by atoms with van der Waals surface area (Å²) in [6.07, 6.45) is 1.13. The van der Waals surface area contributed by atoms with Gasteiger partial charge < -0.3 is 9.47 Å². The Bertz CT molecular complexity index is 1340. The molecule has 3 rings (SSSR count). The van der Waals surface area contributed by atoms with Gasteiger partial charge in [-0.3, -0.25) is 14.9 Å². The number of ether oxygens (including phenoxy) is 2. The first-order valence-corrected chi connectivity index (χ1v) is 13.6. The number of hydrogen-bond donors (Lipinski definition) is 1. The first-order chi connectivity index (χ1) is 17.0. The topological polar surface area (TPSA) is 120 Å². The van der Waals surface area contributed by atoms with Crippen LogP contribution in [0.2, 0.25) is 0 Å². The molecule has 14 heteroatoms. The molecule has 0 bridgehead atoms. The number of hydrogen-bond acceptors (Lipinski definition) is 7. The van der Waals surface area contributed by atoms with Crippen LogP contribution in [0.3, 0.4) is 0 Å². The Morgan fingerprint density at radius 3 is 2.14 bits per heavy atom. The van der Waals surface area contributed by atoms with E-state index in [4.69, 9.17) is 9.47 Å². The molecule has 0 saturated heterocycles. The van der Waals surface area contributed by atoms with Crippen molar-refractivity contribution in [2.75, 3.05) is 6.61 Å². The number of nitrogens with zero attached hydrogens (tertiary/aromatic N) is 2. The number of non-ortho nitro benzene ring substituents is 1. The van der Waals surface area contributed by atoms with Crippen molar-refractivity contribution in [3.05, 3.63) is 92.1 Å². The molecule has 1 N–H and O–H groups in total. The Balaban J connectivity index is 1.76. The fourth-order valence-corrected chi connectivity index (χ4v) is 5.95. The van der Waals surface area contributed by atoms with Gasteiger partial charge in [0.05, 0.1) is 30.1 Å². The largest absolute Gasteiger partial charge is 0.481 e.